The molecule has 2 fully saturated rings. The fourth-order valence-corrected chi connectivity index (χ4v) is 3.49. The van der Waals surface area contributed by atoms with E-state index in [0.29, 0.717) is 18.5 Å². The van der Waals surface area contributed by atoms with Crippen molar-refractivity contribution in [2.24, 2.45) is 5.92 Å². The zero-order chi connectivity index (χ0) is 13.6. The zero-order valence-corrected chi connectivity index (χ0v) is 10.4. The maximum Gasteiger partial charge on any atom is 0.308 e. The van der Waals surface area contributed by atoms with Crippen LogP contribution in [0.5, 0.6) is 5.75 Å². The van der Waals surface area contributed by atoms with E-state index in [1.807, 2.05) is 0 Å². The summed E-state index contributed by atoms with van der Waals surface area (Å²) in [7, 11) is 0. The van der Waals surface area contributed by atoms with Crippen molar-refractivity contribution in [3.05, 3.63) is 29.6 Å². The normalized spacial score (nSPS) is 29.8. The molecule has 2 aliphatic heterocycles. The Hall–Kier alpha value is -1.62. The van der Waals surface area contributed by atoms with Gasteiger partial charge in [0.1, 0.15) is 11.6 Å². The number of nitrogens with zero attached hydrogens (tertiary/aromatic N) is 1. The first-order valence-electron chi connectivity index (χ1n) is 6.52. The number of carbonyl (C=O) groups is 1. The summed E-state index contributed by atoms with van der Waals surface area (Å²) < 4.78 is 13.2. The van der Waals surface area contributed by atoms with Gasteiger partial charge in [-0.15, -0.1) is 0 Å². The van der Waals surface area contributed by atoms with E-state index in [0.717, 1.165) is 12.8 Å². The van der Waals surface area contributed by atoms with Gasteiger partial charge in [0.25, 0.3) is 0 Å². The van der Waals surface area contributed by atoms with Gasteiger partial charge in [-0.25, -0.2) is 4.39 Å². The molecule has 4 nitrogen and oxygen atoms in total. The number of aliphatic carboxylic acids is 1. The minimum absolute atomic E-state index is 0.0187. The van der Waals surface area contributed by atoms with Crippen LogP contribution in [-0.4, -0.2) is 33.2 Å². The van der Waals surface area contributed by atoms with Crippen LogP contribution in [0.15, 0.2) is 18.2 Å². The van der Waals surface area contributed by atoms with E-state index in [9.17, 15) is 19.4 Å². The molecule has 5 heteroatoms. The number of rotatable bonds is 3. The molecule has 2 heterocycles. The topological polar surface area (TPSA) is 60.8 Å². The van der Waals surface area contributed by atoms with E-state index >= 15 is 0 Å². The Morgan fingerprint density at radius 2 is 2.21 bits per heavy atom. The van der Waals surface area contributed by atoms with Crippen molar-refractivity contribution < 1.29 is 19.4 Å². The Bertz CT molecular complexity index is 519. The summed E-state index contributed by atoms with van der Waals surface area (Å²) in [4.78, 5) is 13.3. The molecule has 2 saturated heterocycles. The van der Waals surface area contributed by atoms with Crippen LogP contribution in [0.4, 0.5) is 4.39 Å². The minimum atomic E-state index is -0.749. The van der Waals surface area contributed by atoms with Gasteiger partial charge in [-0.3, -0.25) is 9.69 Å². The van der Waals surface area contributed by atoms with Gasteiger partial charge in [0.15, 0.2) is 0 Å². The highest BCUT2D eigenvalue weighted by Gasteiger charge is 2.49. The Balaban J connectivity index is 1.81. The monoisotopic (exact) mass is 265 g/mol. The van der Waals surface area contributed by atoms with Gasteiger partial charge in [0, 0.05) is 24.2 Å². The number of aromatic hydroxyl groups is 1. The van der Waals surface area contributed by atoms with Crippen molar-refractivity contribution in [3.63, 3.8) is 0 Å². The lowest BCUT2D eigenvalue weighted by Crippen LogP contribution is -2.32. The number of phenols is 1. The molecule has 3 rings (SSSR count). The van der Waals surface area contributed by atoms with Gasteiger partial charge in [-0.2, -0.15) is 0 Å². The predicted molar refractivity (Wildman–Crippen MR) is 66.2 cm³/mol. The molecule has 2 bridgehead atoms. The van der Waals surface area contributed by atoms with Gasteiger partial charge in [-0.05, 0) is 37.5 Å². The van der Waals surface area contributed by atoms with Crippen LogP contribution in [0.25, 0.3) is 0 Å². The van der Waals surface area contributed by atoms with Crippen LogP contribution in [0.2, 0.25) is 0 Å². The molecule has 3 unspecified atom stereocenters. The van der Waals surface area contributed by atoms with Crippen LogP contribution in [0.3, 0.4) is 0 Å². The highest BCUT2D eigenvalue weighted by atomic mass is 19.1. The molecule has 1 aromatic carbocycles. The van der Waals surface area contributed by atoms with Crippen LogP contribution >= 0.6 is 0 Å². The van der Waals surface area contributed by atoms with Crippen molar-refractivity contribution in [1.29, 1.82) is 0 Å². The Labute approximate surface area is 110 Å². The molecule has 3 atom stereocenters. The molecule has 2 N–H and O–H groups in total. The van der Waals surface area contributed by atoms with Gasteiger partial charge in [0.2, 0.25) is 0 Å². The highest BCUT2D eigenvalue weighted by Crippen LogP contribution is 2.43. The highest BCUT2D eigenvalue weighted by molar-refractivity contribution is 5.71. The number of hydrogen-bond acceptors (Lipinski definition) is 3. The van der Waals surface area contributed by atoms with E-state index < -0.39 is 5.97 Å². The summed E-state index contributed by atoms with van der Waals surface area (Å²) >= 11 is 0. The first-order chi connectivity index (χ1) is 9.06. The largest absolute Gasteiger partial charge is 0.508 e. The number of halogens is 1. The fourth-order valence-electron chi connectivity index (χ4n) is 3.49. The maximum absolute atomic E-state index is 13.2. The zero-order valence-electron chi connectivity index (χ0n) is 10.4. The quantitative estimate of drug-likeness (QED) is 0.877. The minimum Gasteiger partial charge on any atom is -0.508 e. The van der Waals surface area contributed by atoms with Crippen molar-refractivity contribution in [2.75, 3.05) is 0 Å². The van der Waals surface area contributed by atoms with Crippen molar-refractivity contribution in [1.82, 2.24) is 4.90 Å². The van der Waals surface area contributed by atoms with Crippen molar-refractivity contribution in [3.8, 4) is 5.75 Å². The smallest absolute Gasteiger partial charge is 0.308 e. The molecule has 0 amide bonds. The van der Waals surface area contributed by atoms with E-state index in [2.05, 4.69) is 4.90 Å². The molecular formula is C14H16FNO3. The summed E-state index contributed by atoms with van der Waals surface area (Å²) in [6.07, 6.45) is 2.53. The fraction of sp³-hybridized carbons (Fsp3) is 0.500. The SMILES string of the molecule is O=C(O)C1CC2CCC1N2Cc1cc(F)ccc1O. The summed E-state index contributed by atoms with van der Waals surface area (Å²) in [6.45, 7) is 0.419. The van der Waals surface area contributed by atoms with Crippen molar-refractivity contribution in [2.45, 2.75) is 37.9 Å². The van der Waals surface area contributed by atoms with Crippen molar-refractivity contribution >= 4 is 5.97 Å². The number of carboxylic acids is 1. The van der Waals surface area contributed by atoms with E-state index in [1.54, 1.807) is 0 Å². The summed E-state index contributed by atoms with van der Waals surface area (Å²) in [5.41, 5.74) is 0.530. The molecule has 1 aromatic rings. The molecule has 0 spiro atoms. The lowest BCUT2D eigenvalue weighted by molar-refractivity contribution is -0.142. The lowest BCUT2D eigenvalue weighted by Gasteiger charge is -2.23. The lowest BCUT2D eigenvalue weighted by atomic mass is 9.89. The third kappa shape index (κ3) is 2.08. The first kappa shape index (κ1) is 12.4. The molecule has 2 aliphatic rings. The van der Waals surface area contributed by atoms with Crippen LogP contribution in [-0.2, 0) is 11.3 Å². The number of hydrogen-bond donors (Lipinski definition) is 2. The Morgan fingerprint density at radius 1 is 1.42 bits per heavy atom. The van der Waals surface area contributed by atoms with Gasteiger partial charge in [-0.1, -0.05) is 0 Å². The van der Waals surface area contributed by atoms with Gasteiger partial charge < -0.3 is 10.2 Å². The molecule has 102 valence electrons. The van der Waals surface area contributed by atoms with E-state index in [4.69, 9.17) is 0 Å². The summed E-state index contributed by atoms with van der Waals surface area (Å²) in [5, 5.41) is 18.9. The standard InChI is InChI=1S/C14H16FNO3/c15-9-1-4-13(17)8(5-9)7-16-10-2-3-12(16)11(6-10)14(18)19/h1,4-5,10-12,17H,2-3,6-7H2,(H,18,19). The van der Waals surface area contributed by atoms with E-state index in [-0.39, 0.29) is 29.6 Å². The third-order valence-corrected chi connectivity index (χ3v) is 4.39. The number of phenolic OH excluding ortho intramolecular Hbond substituents is 1. The number of fused-ring (bicyclic) bond motifs is 2. The average molecular weight is 265 g/mol. The molecule has 0 aromatic heterocycles. The maximum atomic E-state index is 13.2. The first-order valence-corrected chi connectivity index (χ1v) is 6.52. The Morgan fingerprint density at radius 3 is 2.89 bits per heavy atom. The molecule has 0 aliphatic carbocycles. The average Bonchev–Trinajstić information content (AvgIpc) is 2.91. The number of carboxylic acid groups (broad SMARTS) is 1. The second-order valence-electron chi connectivity index (χ2n) is 5.42. The summed E-state index contributed by atoms with van der Waals surface area (Å²) in [5.74, 6) is -1.39. The molecule has 0 radical (unpaired) electrons. The summed E-state index contributed by atoms with van der Waals surface area (Å²) in [6, 6.07) is 4.15. The van der Waals surface area contributed by atoms with Crippen LogP contribution in [0.1, 0.15) is 24.8 Å². The van der Waals surface area contributed by atoms with E-state index in [1.165, 1.54) is 18.2 Å². The predicted octanol–water partition coefficient (Wildman–Crippen LogP) is 1.97. The number of benzene rings is 1. The second kappa shape index (κ2) is 4.49. The van der Waals surface area contributed by atoms with Gasteiger partial charge in [0.05, 0.1) is 5.92 Å². The third-order valence-electron chi connectivity index (χ3n) is 4.39. The Kier molecular flexibility index (Phi) is 2.93. The molecule has 19 heavy (non-hydrogen) atoms. The second-order valence-corrected chi connectivity index (χ2v) is 5.42. The van der Waals surface area contributed by atoms with Crippen LogP contribution < -0.4 is 0 Å². The van der Waals surface area contributed by atoms with Gasteiger partial charge >= 0.3 is 5.97 Å². The van der Waals surface area contributed by atoms with Crippen LogP contribution in [0, 0.1) is 11.7 Å². The molecular weight excluding hydrogens is 249 g/mol. The molecule has 0 saturated carbocycles.